The second kappa shape index (κ2) is 4.63. The normalized spacial score (nSPS) is 25.0. The lowest BCUT2D eigenvalue weighted by Gasteiger charge is -2.29. The lowest BCUT2D eigenvalue weighted by molar-refractivity contribution is 0.213. The zero-order chi connectivity index (χ0) is 8.97. The summed E-state index contributed by atoms with van der Waals surface area (Å²) >= 11 is 0. The molecule has 1 saturated heterocycles. The fourth-order valence-corrected chi connectivity index (χ4v) is 1.59. The molecule has 0 aliphatic carbocycles. The van der Waals surface area contributed by atoms with Gasteiger partial charge >= 0.3 is 6.03 Å². The number of amides is 2. The van der Waals surface area contributed by atoms with E-state index in [0.717, 1.165) is 25.9 Å². The van der Waals surface area contributed by atoms with Crippen LogP contribution in [0.2, 0.25) is 0 Å². The molecule has 0 aromatic carbocycles. The number of piperidine rings is 1. The molecule has 0 radical (unpaired) electrons. The molecule has 2 atom stereocenters. The molecule has 1 heterocycles. The maximum Gasteiger partial charge on any atom is 0.317 e. The molecule has 2 amide bonds. The Balaban J connectivity index is 2.27. The van der Waals surface area contributed by atoms with Crippen molar-refractivity contribution in [3.8, 4) is 0 Å². The Morgan fingerprint density at radius 1 is 1.67 bits per heavy atom. The van der Waals surface area contributed by atoms with Crippen LogP contribution in [0.4, 0.5) is 4.79 Å². The van der Waals surface area contributed by atoms with E-state index in [1.807, 2.05) is 0 Å². The molecule has 1 rings (SSSR count). The Hall–Kier alpha value is -0.340. The van der Waals surface area contributed by atoms with E-state index in [1.54, 1.807) is 0 Å². The summed E-state index contributed by atoms with van der Waals surface area (Å²) in [7, 11) is 4.27. The number of likely N-dealkylation sites (tertiary alicyclic amines) is 1. The van der Waals surface area contributed by atoms with Gasteiger partial charge in [0.15, 0.2) is 0 Å². The highest BCUT2D eigenvalue weighted by Crippen LogP contribution is 2.07. The highest BCUT2D eigenvalue weighted by Gasteiger charge is 2.17. The minimum atomic E-state index is -0.111. The molecular weight excluding hydrogens is 173 g/mol. The standard InChI is InChI=1S/C7H16N3OP/c1-10-4-2-3-6(5-10)8-7(11)9-12/h6H,2-5,12H2,1H3,(H2,8,9,11). The minimum Gasteiger partial charge on any atom is -0.334 e. The van der Waals surface area contributed by atoms with Crippen LogP contribution in [0.15, 0.2) is 0 Å². The summed E-state index contributed by atoms with van der Waals surface area (Å²) in [5.74, 6) is 0. The van der Waals surface area contributed by atoms with Gasteiger partial charge in [-0.1, -0.05) is 0 Å². The molecule has 0 saturated carbocycles. The van der Waals surface area contributed by atoms with Gasteiger partial charge < -0.3 is 15.3 Å². The molecule has 4 nitrogen and oxygen atoms in total. The maximum atomic E-state index is 10.9. The van der Waals surface area contributed by atoms with Crippen molar-refractivity contribution in [3.05, 3.63) is 0 Å². The third kappa shape index (κ3) is 2.95. The first-order chi connectivity index (χ1) is 5.72. The van der Waals surface area contributed by atoms with Gasteiger partial charge in [-0.3, -0.25) is 0 Å². The van der Waals surface area contributed by atoms with Crippen molar-refractivity contribution in [2.24, 2.45) is 0 Å². The van der Waals surface area contributed by atoms with Crippen molar-refractivity contribution < 1.29 is 4.79 Å². The van der Waals surface area contributed by atoms with Crippen LogP contribution >= 0.6 is 9.39 Å². The molecule has 12 heavy (non-hydrogen) atoms. The van der Waals surface area contributed by atoms with Gasteiger partial charge in [-0.25, -0.2) is 4.79 Å². The molecule has 0 spiro atoms. The number of likely N-dealkylation sites (N-methyl/N-ethyl adjacent to an activating group) is 1. The van der Waals surface area contributed by atoms with Gasteiger partial charge in [0, 0.05) is 12.6 Å². The van der Waals surface area contributed by atoms with Gasteiger partial charge in [0.1, 0.15) is 0 Å². The largest absolute Gasteiger partial charge is 0.334 e. The molecule has 0 bridgehead atoms. The first-order valence-electron chi connectivity index (χ1n) is 4.18. The van der Waals surface area contributed by atoms with E-state index in [9.17, 15) is 4.79 Å². The van der Waals surface area contributed by atoms with Crippen LogP contribution in [-0.4, -0.2) is 37.1 Å². The predicted molar refractivity (Wildman–Crippen MR) is 51.9 cm³/mol. The van der Waals surface area contributed by atoms with Gasteiger partial charge in [-0.2, -0.15) is 0 Å². The Morgan fingerprint density at radius 2 is 2.42 bits per heavy atom. The number of carbonyl (C=O) groups is 1. The van der Waals surface area contributed by atoms with Crippen LogP contribution < -0.4 is 10.4 Å². The van der Waals surface area contributed by atoms with Crippen molar-refractivity contribution in [3.63, 3.8) is 0 Å². The lowest BCUT2D eigenvalue weighted by Crippen LogP contribution is -2.47. The van der Waals surface area contributed by atoms with E-state index in [2.05, 4.69) is 31.7 Å². The molecule has 0 aromatic heterocycles. The predicted octanol–water partition coefficient (Wildman–Crippen LogP) is 0.170. The minimum absolute atomic E-state index is 0.111. The number of hydrogen-bond acceptors (Lipinski definition) is 2. The Morgan fingerprint density at radius 3 is 3.00 bits per heavy atom. The molecule has 1 aliphatic rings. The van der Waals surface area contributed by atoms with E-state index in [4.69, 9.17) is 0 Å². The van der Waals surface area contributed by atoms with E-state index >= 15 is 0 Å². The Labute approximate surface area is 75.3 Å². The first-order valence-corrected chi connectivity index (χ1v) is 4.75. The number of hydrogen-bond donors (Lipinski definition) is 2. The van der Waals surface area contributed by atoms with E-state index in [1.165, 1.54) is 0 Å². The van der Waals surface area contributed by atoms with Gasteiger partial charge in [0.25, 0.3) is 0 Å². The molecule has 2 unspecified atom stereocenters. The summed E-state index contributed by atoms with van der Waals surface area (Å²) in [6.45, 7) is 2.10. The van der Waals surface area contributed by atoms with Crippen molar-refractivity contribution in [1.29, 1.82) is 0 Å². The molecule has 0 aromatic rings. The average Bonchev–Trinajstić information content (AvgIpc) is 2.04. The van der Waals surface area contributed by atoms with E-state index < -0.39 is 0 Å². The highest BCUT2D eigenvalue weighted by molar-refractivity contribution is 7.15. The van der Waals surface area contributed by atoms with Crippen LogP contribution in [0.1, 0.15) is 12.8 Å². The first kappa shape index (κ1) is 9.75. The third-order valence-corrected chi connectivity index (χ3v) is 2.35. The quantitative estimate of drug-likeness (QED) is 0.577. The maximum absolute atomic E-state index is 10.9. The molecule has 70 valence electrons. The lowest BCUT2D eigenvalue weighted by atomic mass is 10.1. The van der Waals surface area contributed by atoms with Gasteiger partial charge in [-0.15, -0.1) is 0 Å². The van der Waals surface area contributed by atoms with Crippen LogP contribution in [0.5, 0.6) is 0 Å². The van der Waals surface area contributed by atoms with Gasteiger partial charge in [0.2, 0.25) is 0 Å². The van der Waals surface area contributed by atoms with Gasteiger partial charge in [-0.05, 0) is 35.8 Å². The molecule has 1 fully saturated rings. The van der Waals surface area contributed by atoms with E-state index in [-0.39, 0.29) is 6.03 Å². The third-order valence-electron chi connectivity index (χ3n) is 2.09. The fourth-order valence-electron chi connectivity index (χ4n) is 1.51. The Bertz CT molecular complexity index is 165. The topological polar surface area (TPSA) is 44.4 Å². The van der Waals surface area contributed by atoms with Gasteiger partial charge in [0.05, 0.1) is 0 Å². The van der Waals surface area contributed by atoms with Crippen LogP contribution in [0.3, 0.4) is 0 Å². The highest BCUT2D eigenvalue weighted by atomic mass is 31.0. The molecule has 2 N–H and O–H groups in total. The number of carbonyl (C=O) groups excluding carboxylic acids is 1. The second-order valence-corrected chi connectivity index (χ2v) is 3.51. The Kier molecular flexibility index (Phi) is 3.76. The van der Waals surface area contributed by atoms with Crippen molar-refractivity contribution >= 4 is 15.4 Å². The summed E-state index contributed by atoms with van der Waals surface area (Å²) in [6.07, 6.45) is 2.25. The molecule has 1 aliphatic heterocycles. The molecule has 5 heteroatoms. The summed E-state index contributed by atoms with van der Waals surface area (Å²) in [4.78, 5) is 13.2. The van der Waals surface area contributed by atoms with E-state index in [0.29, 0.717) is 6.04 Å². The van der Waals surface area contributed by atoms with Crippen molar-refractivity contribution in [1.82, 2.24) is 15.3 Å². The molecular formula is C7H16N3OP. The number of nitrogens with zero attached hydrogens (tertiary/aromatic N) is 1. The second-order valence-electron chi connectivity index (χ2n) is 3.22. The summed E-state index contributed by atoms with van der Waals surface area (Å²) < 4.78 is 0. The zero-order valence-electron chi connectivity index (χ0n) is 7.34. The average molecular weight is 189 g/mol. The van der Waals surface area contributed by atoms with Crippen molar-refractivity contribution in [2.45, 2.75) is 18.9 Å². The SMILES string of the molecule is CN1CCCC(NC(=O)NP)C1. The van der Waals surface area contributed by atoms with Crippen LogP contribution in [-0.2, 0) is 0 Å². The smallest absolute Gasteiger partial charge is 0.317 e. The number of urea groups is 1. The zero-order valence-corrected chi connectivity index (χ0v) is 8.49. The van der Waals surface area contributed by atoms with Crippen LogP contribution in [0, 0.1) is 0 Å². The summed E-state index contributed by atoms with van der Waals surface area (Å²) in [5, 5.41) is 5.36. The monoisotopic (exact) mass is 189 g/mol. The number of rotatable bonds is 1. The van der Waals surface area contributed by atoms with Crippen molar-refractivity contribution in [2.75, 3.05) is 20.1 Å². The number of nitrogens with one attached hydrogen (secondary N) is 2. The summed E-state index contributed by atoms with van der Waals surface area (Å²) in [6, 6.07) is 0.199. The summed E-state index contributed by atoms with van der Waals surface area (Å²) in [5.41, 5.74) is 0. The fraction of sp³-hybridized carbons (Fsp3) is 0.857. The van der Waals surface area contributed by atoms with Crippen LogP contribution in [0.25, 0.3) is 0 Å².